The summed E-state index contributed by atoms with van der Waals surface area (Å²) in [4.78, 5) is 16.5. The summed E-state index contributed by atoms with van der Waals surface area (Å²) in [5.74, 6) is 1.56. The molecule has 2 aromatic rings. The molecule has 110 valence electrons. The molecule has 1 aliphatic carbocycles. The van der Waals surface area contributed by atoms with E-state index in [9.17, 15) is 4.79 Å². The summed E-state index contributed by atoms with van der Waals surface area (Å²) < 4.78 is 5.23. The van der Waals surface area contributed by atoms with E-state index in [1.54, 1.807) is 0 Å². The van der Waals surface area contributed by atoms with Crippen molar-refractivity contribution < 1.29 is 9.32 Å². The van der Waals surface area contributed by atoms with Crippen LogP contribution in [0.5, 0.6) is 0 Å². The number of aryl methyl sites for hydroxylation is 1. The average molecular weight is 284 g/mol. The molecule has 1 aliphatic rings. The highest BCUT2D eigenvalue weighted by atomic mass is 16.5. The molecule has 0 radical (unpaired) electrons. The molecule has 0 saturated heterocycles. The van der Waals surface area contributed by atoms with Gasteiger partial charge in [0.25, 0.3) is 0 Å². The zero-order valence-corrected chi connectivity index (χ0v) is 12.3. The van der Waals surface area contributed by atoms with E-state index in [1.165, 1.54) is 24.0 Å². The highest BCUT2D eigenvalue weighted by molar-refractivity contribution is 5.82. The molecule has 0 amide bonds. The zero-order valence-electron chi connectivity index (χ0n) is 12.3. The molecule has 4 heteroatoms. The van der Waals surface area contributed by atoms with E-state index in [0.717, 1.165) is 12.8 Å². The third-order valence-corrected chi connectivity index (χ3v) is 4.26. The SMILES string of the molecule is Cc1ccccc1Cc1noc(CC(=O)C2CCCC2)n1. The Bertz CT molecular complexity index is 627. The average Bonchev–Trinajstić information content (AvgIpc) is 3.13. The van der Waals surface area contributed by atoms with Gasteiger partial charge in [-0.25, -0.2) is 0 Å². The van der Waals surface area contributed by atoms with Gasteiger partial charge in [0.05, 0.1) is 6.42 Å². The molecule has 0 N–H and O–H groups in total. The van der Waals surface area contributed by atoms with Crippen LogP contribution in [0.1, 0.15) is 48.5 Å². The second-order valence-corrected chi connectivity index (χ2v) is 5.83. The maximum atomic E-state index is 12.1. The fourth-order valence-corrected chi connectivity index (χ4v) is 2.95. The van der Waals surface area contributed by atoms with E-state index in [0.29, 0.717) is 18.1 Å². The molecule has 1 fully saturated rings. The first kappa shape index (κ1) is 14.0. The molecule has 21 heavy (non-hydrogen) atoms. The van der Waals surface area contributed by atoms with Crippen molar-refractivity contribution in [3.8, 4) is 0 Å². The molecule has 0 atom stereocenters. The molecule has 1 saturated carbocycles. The van der Waals surface area contributed by atoms with E-state index in [4.69, 9.17) is 4.52 Å². The first-order valence-electron chi connectivity index (χ1n) is 7.61. The minimum absolute atomic E-state index is 0.205. The minimum atomic E-state index is 0.205. The minimum Gasteiger partial charge on any atom is -0.339 e. The first-order valence-corrected chi connectivity index (χ1v) is 7.61. The monoisotopic (exact) mass is 284 g/mol. The molecule has 1 aromatic carbocycles. The van der Waals surface area contributed by atoms with Gasteiger partial charge in [-0.15, -0.1) is 0 Å². The molecule has 3 rings (SSSR count). The number of nitrogens with zero attached hydrogens (tertiary/aromatic N) is 2. The molecular weight excluding hydrogens is 264 g/mol. The second-order valence-electron chi connectivity index (χ2n) is 5.83. The predicted molar refractivity (Wildman–Crippen MR) is 79.0 cm³/mol. The van der Waals surface area contributed by atoms with Gasteiger partial charge in [0.2, 0.25) is 5.89 Å². The van der Waals surface area contributed by atoms with Crippen molar-refractivity contribution in [1.29, 1.82) is 0 Å². The number of carbonyl (C=O) groups is 1. The summed E-state index contributed by atoms with van der Waals surface area (Å²) in [5.41, 5.74) is 2.40. The largest absolute Gasteiger partial charge is 0.339 e. The number of ketones is 1. The molecular formula is C17H20N2O2. The summed E-state index contributed by atoms with van der Waals surface area (Å²) in [6.45, 7) is 2.07. The van der Waals surface area contributed by atoms with E-state index >= 15 is 0 Å². The van der Waals surface area contributed by atoms with Crippen LogP contribution < -0.4 is 0 Å². The number of Topliss-reactive ketones (excluding diaryl/α,β-unsaturated/α-hetero) is 1. The normalized spacial score (nSPS) is 15.5. The summed E-state index contributed by atoms with van der Waals surface area (Å²) in [6.07, 6.45) is 5.29. The summed E-state index contributed by atoms with van der Waals surface area (Å²) in [6, 6.07) is 8.16. The third kappa shape index (κ3) is 3.38. The van der Waals surface area contributed by atoms with Crippen LogP contribution in [0.3, 0.4) is 0 Å². The number of carbonyl (C=O) groups excluding carboxylic acids is 1. The summed E-state index contributed by atoms with van der Waals surface area (Å²) in [7, 11) is 0. The van der Waals surface area contributed by atoms with Crippen molar-refractivity contribution in [1.82, 2.24) is 10.1 Å². The van der Waals surface area contributed by atoms with Gasteiger partial charge in [0.15, 0.2) is 5.82 Å². The number of benzene rings is 1. The molecule has 0 aliphatic heterocycles. The van der Waals surface area contributed by atoms with E-state index in [1.807, 2.05) is 12.1 Å². The fraction of sp³-hybridized carbons (Fsp3) is 0.471. The van der Waals surface area contributed by atoms with Gasteiger partial charge in [-0.1, -0.05) is 42.3 Å². The number of rotatable bonds is 5. The van der Waals surface area contributed by atoms with Gasteiger partial charge in [-0.05, 0) is 30.9 Å². The Morgan fingerprint density at radius 3 is 2.81 bits per heavy atom. The topological polar surface area (TPSA) is 56.0 Å². The molecule has 0 unspecified atom stereocenters. The predicted octanol–water partition coefficient (Wildman–Crippen LogP) is 3.27. The molecule has 0 bridgehead atoms. The fourth-order valence-electron chi connectivity index (χ4n) is 2.95. The zero-order chi connectivity index (χ0) is 14.7. The van der Waals surface area contributed by atoms with Gasteiger partial charge in [0, 0.05) is 12.3 Å². The van der Waals surface area contributed by atoms with Gasteiger partial charge in [-0.2, -0.15) is 4.98 Å². The lowest BCUT2D eigenvalue weighted by Gasteiger charge is -2.04. The van der Waals surface area contributed by atoms with Crippen LogP contribution in [-0.4, -0.2) is 15.9 Å². The second kappa shape index (κ2) is 6.20. The van der Waals surface area contributed by atoms with Crippen molar-refractivity contribution in [2.24, 2.45) is 5.92 Å². The van der Waals surface area contributed by atoms with Crippen LogP contribution in [0.2, 0.25) is 0 Å². The molecule has 1 heterocycles. The highest BCUT2D eigenvalue weighted by Gasteiger charge is 2.24. The van der Waals surface area contributed by atoms with Crippen molar-refractivity contribution in [2.75, 3.05) is 0 Å². The van der Waals surface area contributed by atoms with Gasteiger partial charge in [0.1, 0.15) is 5.78 Å². The Morgan fingerprint density at radius 2 is 2.05 bits per heavy atom. The van der Waals surface area contributed by atoms with Crippen molar-refractivity contribution in [3.05, 3.63) is 47.1 Å². The Balaban J connectivity index is 1.63. The van der Waals surface area contributed by atoms with E-state index in [-0.39, 0.29) is 18.1 Å². The van der Waals surface area contributed by atoms with Crippen molar-refractivity contribution in [3.63, 3.8) is 0 Å². The Morgan fingerprint density at radius 1 is 1.29 bits per heavy atom. The first-order chi connectivity index (χ1) is 10.2. The van der Waals surface area contributed by atoms with Crippen LogP contribution in [0.4, 0.5) is 0 Å². The van der Waals surface area contributed by atoms with E-state index in [2.05, 4.69) is 29.2 Å². The third-order valence-electron chi connectivity index (χ3n) is 4.26. The van der Waals surface area contributed by atoms with Crippen LogP contribution in [-0.2, 0) is 17.6 Å². The maximum Gasteiger partial charge on any atom is 0.234 e. The number of hydrogen-bond donors (Lipinski definition) is 0. The maximum absolute atomic E-state index is 12.1. The van der Waals surface area contributed by atoms with E-state index < -0.39 is 0 Å². The van der Waals surface area contributed by atoms with Crippen molar-refractivity contribution >= 4 is 5.78 Å². The van der Waals surface area contributed by atoms with Gasteiger partial charge < -0.3 is 4.52 Å². The summed E-state index contributed by atoms with van der Waals surface area (Å²) >= 11 is 0. The summed E-state index contributed by atoms with van der Waals surface area (Å²) in [5, 5.41) is 3.99. The van der Waals surface area contributed by atoms with Crippen molar-refractivity contribution in [2.45, 2.75) is 45.4 Å². The lowest BCUT2D eigenvalue weighted by molar-refractivity contribution is -0.122. The standard InChI is InChI=1S/C17H20N2O2/c1-12-6-2-3-9-14(12)10-16-18-17(21-19-16)11-15(20)13-7-4-5-8-13/h2-3,6,9,13H,4-5,7-8,10-11H2,1H3. The Labute approximate surface area is 124 Å². The van der Waals surface area contributed by atoms with Crippen LogP contribution >= 0.6 is 0 Å². The lowest BCUT2D eigenvalue weighted by Crippen LogP contribution is -2.13. The highest BCUT2D eigenvalue weighted by Crippen LogP contribution is 2.26. The van der Waals surface area contributed by atoms with Gasteiger partial charge >= 0.3 is 0 Å². The lowest BCUT2D eigenvalue weighted by atomic mass is 10.0. The molecule has 0 spiro atoms. The Kier molecular flexibility index (Phi) is 4.13. The van der Waals surface area contributed by atoms with Crippen LogP contribution in [0.15, 0.2) is 28.8 Å². The number of hydrogen-bond acceptors (Lipinski definition) is 4. The quantitative estimate of drug-likeness (QED) is 0.845. The molecule has 4 nitrogen and oxygen atoms in total. The van der Waals surface area contributed by atoms with Gasteiger partial charge in [-0.3, -0.25) is 4.79 Å². The molecule has 1 aromatic heterocycles. The number of aromatic nitrogens is 2. The Hall–Kier alpha value is -1.97. The van der Waals surface area contributed by atoms with Crippen LogP contribution in [0.25, 0.3) is 0 Å². The smallest absolute Gasteiger partial charge is 0.234 e. The van der Waals surface area contributed by atoms with Crippen LogP contribution in [0, 0.1) is 12.8 Å².